The molecule has 2 rings (SSSR count). The number of ether oxygens (including phenoxy) is 1. The Bertz CT molecular complexity index is 145. The summed E-state index contributed by atoms with van der Waals surface area (Å²) in [5.74, 6) is 0.778. The van der Waals surface area contributed by atoms with E-state index >= 15 is 0 Å². The van der Waals surface area contributed by atoms with Crippen LogP contribution in [-0.4, -0.2) is 49.9 Å². The van der Waals surface area contributed by atoms with Crippen molar-refractivity contribution in [2.24, 2.45) is 5.92 Å². The van der Waals surface area contributed by atoms with E-state index in [9.17, 15) is 0 Å². The van der Waals surface area contributed by atoms with Crippen molar-refractivity contribution >= 4 is 0 Å². The number of rotatable bonds is 0. The predicted octanol–water partition coefficient (Wildman–Crippen LogP) is 0.574. The second kappa shape index (κ2) is 3.32. The standard InChI is InChI=1S/C9H18N2O/c1-10-6-8-4-3-5-12-9(8)7-11(10)2/h8-9H,3-7H2,1-2H3. The first-order valence-corrected chi connectivity index (χ1v) is 4.81. The van der Waals surface area contributed by atoms with Crippen LogP contribution in [0.3, 0.4) is 0 Å². The highest BCUT2D eigenvalue weighted by molar-refractivity contribution is 4.81. The van der Waals surface area contributed by atoms with Crippen LogP contribution in [0.15, 0.2) is 0 Å². The molecule has 2 aliphatic heterocycles. The van der Waals surface area contributed by atoms with E-state index in [1.807, 2.05) is 0 Å². The minimum atomic E-state index is 0.500. The van der Waals surface area contributed by atoms with Crippen molar-refractivity contribution in [2.75, 3.05) is 33.8 Å². The summed E-state index contributed by atoms with van der Waals surface area (Å²) in [5.41, 5.74) is 0. The normalized spacial score (nSPS) is 39.5. The molecule has 2 fully saturated rings. The van der Waals surface area contributed by atoms with Gasteiger partial charge in [-0.05, 0) is 12.8 Å². The van der Waals surface area contributed by atoms with Gasteiger partial charge in [-0.25, -0.2) is 10.0 Å². The van der Waals surface area contributed by atoms with E-state index in [1.54, 1.807) is 0 Å². The minimum Gasteiger partial charge on any atom is -0.376 e. The molecule has 0 aromatic carbocycles. The van der Waals surface area contributed by atoms with E-state index in [4.69, 9.17) is 4.74 Å². The van der Waals surface area contributed by atoms with Crippen molar-refractivity contribution in [3.63, 3.8) is 0 Å². The molecule has 0 aromatic heterocycles. The van der Waals surface area contributed by atoms with Crippen molar-refractivity contribution < 1.29 is 4.74 Å². The second-order valence-corrected chi connectivity index (χ2v) is 3.99. The zero-order valence-corrected chi connectivity index (χ0v) is 7.99. The lowest BCUT2D eigenvalue weighted by Crippen LogP contribution is -2.55. The summed E-state index contributed by atoms with van der Waals surface area (Å²) in [4.78, 5) is 0. The van der Waals surface area contributed by atoms with Gasteiger partial charge in [-0.1, -0.05) is 0 Å². The Morgan fingerprint density at radius 3 is 2.75 bits per heavy atom. The van der Waals surface area contributed by atoms with Crippen molar-refractivity contribution in [2.45, 2.75) is 18.9 Å². The molecule has 2 atom stereocenters. The lowest BCUT2D eigenvalue weighted by Gasteiger charge is -2.44. The zero-order valence-electron chi connectivity index (χ0n) is 7.99. The molecule has 0 amide bonds. The molecule has 0 aliphatic carbocycles. The van der Waals surface area contributed by atoms with Gasteiger partial charge in [-0.15, -0.1) is 0 Å². The van der Waals surface area contributed by atoms with Gasteiger partial charge in [0.1, 0.15) is 0 Å². The molecule has 70 valence electrons. The fraction of sp³-hybridized carbons (Fsp3) is 1.00. The summed E-state index contributed by atoms with van der Waals surface area (Å²) < 4.78 is 5.73. The third-order valence-corrected chi connectivity index (χ3v) is 3.10. The van der Waals surface area contributed by atoms with E-state index in [1.165, 1.54) is 19.4 Å². The fourth-order valence-electron chi connectivity index (χ4n) is 2.19. The quantitative estimate of drug-likeness (QED) is 0.529. The number of hydrazine groups is 1. The van der Waals surface area contributed by atoms with E-state index in [0.29, 0.717) is 6.10 Å². The SMILES string of the molecule is CN1CC2CCCOC2CN1C. The highest BCUT2D eigenvalue weighted by Gasteiger charge is 2.33. The molecule has 0 radical (unpaired) electrons. The third-order valence-electron chi connectivity index (χ3n) is 3.10. The summed E-state index contributed by atoms with van der Waals surface area (Å²) in [6.45, 7) is 3.21. The highest BCUT2D eigenvalue weighted by Crippen LogP contribution is 2.25. The van der Waals surface area contributed by atoms with Crippen molar-refractivity contribution in [1.29, 1.82) is 0 Å². The number of likely N-dealkylation sites (N-methyl/N-ethyl adjacent to an activating group) is 1. The van der Waals surface area contributed by atoms with Gasteiger partial charge < -0.3 is 4.74 Å². The fourth-order valence-corrected chi connectivity index (χ4v) is 2.19. The molecule has 2 aliphatic rings. The Labute approximate surface area is 74.3 Å². The van der Waals surface area contributed by atoms with Crippen LogP contribution in [0.2, 0.25) is 0 Å². The van der Waals surface area contributed by atoms with Gasteiger partial charge in [0.25, 0.3) is 0 Å². The molecule has 3 heteroatoms. The summed E-state index contributed by atoms with van der Waals surface area (Å²) >= 11 is 0. The molecule has 2 heterocycles. The van der Waals surface area contributed by atoms with E-state index < -0.39 is 0 Å². The molecule has 0 bridgehead atoms. The number of fused-ring (bicyclic) bond motifs is 1. The van der Waals surface area contributed by atoms with E-state index in [2.05, 4.69) is 24.1 Å². The van der Waals surface area contributed by atoms with Crippen LogP contribution in [0.25, 0.3) is 0 Å². The second-order valence-electron chi connectivity index (χ2n) is 3.99. The van der Waals surface area contributed by atoms with Crippen LogP contribution >= 0.6 is 0 Å². The van der Waals surface area contributed by atoms with Gasteiger partial charge in [0.2, 0.25) is 0 Å². The molecule has 12 heavy (non-hydrogen) atoms. The van der Waals surface area contributed by atoms with E-state index in [-0.39, 0.29) is 0 Å². The van der Waals surface area contributed by atoms with Crippen LogP contribution in [-0.2, 0) is 4.74 Å². The van der Waals surface area contributed by atoms with E-state index in [0.717, 1.165) is 19.1 Å². The lowest BCUT2D eigenvalue weighted by atomic mass is 9.92. The molecule has 0 saturated carbocycles. The van der Waals surface area contributed by atoms with Gasteiger partial charge >= 0.3 is 0 Å². The molecule has 0 N–H and O–H groups in total. The first kappa shape index (κ1) is 8.48. The van der Waals surface area contributed by atoms with Crippen molar-refractivity contribution in [1.82, 2.24) is 10.0 Å². The first-order chi connectivity index (χ1) is 5.77. The van der Waals surface area contributed by atoms with Gasteiger partial charge in [0.05, 0.1) is 6.10 Å². The molecule has 2 unspecified atom stereocenters. The maximum atomic E-state index is 5.73. The summed E-state index contributed by atoms with van der Waals surface area (Å²) in [7, 11) is 4.29. The van der Waals surface area contributed by atoms with Crippen LogP contribution in [0.4, 0.5) is 0 Å². The maximum absolute atomic E-state index is 5.73. The Hall–Kier alpha value is -0.120. The number of hydrogen-bond donors (Lipinski definition) is 0. The average molecular weight is 170 g/mol. The van der Waals surface area contributed by atoms with Gasteiger partial charge in [-0.2, -0.15) is 0 Å². The van der Waals surface area contributed by atoms with Crippen LogP contribution in [0.5, 0.6) is 0 Å². The highest BCUT2D eigenvalue weighted by atomic mass is 16.5. The topological polar surface area (TPSA) is 15.7 Å². The Morgan fingerprint density at radius 2 is 1.92 bits per heavy atom. The first-order valence-electron chi connectivity index (χ1n) is 4.81. The lowest BCUT2D eigenvalue weighted by molar-refractivity contribution is -0.136. The minimum absolute atomic E-state index is 0.500. The average Bonchev–Trinajstić information content (AvgIpc) is 2.07. The van der Waals surface area contributed by atoms with Crippen LogP contribution < -0.4 is 0 Å². The van der Waals surface area contributed by atoms with Gasteiger partial charge in [0, 0.05) is 39.7 Å². The number of hydrogen-bond acceptors (Lipinski definition) is 3. The Balaban J connectivity index is 1.98. The molecular formula is C9H18N2O. The molecule has 0 spiro atoms. The van der Waals surface area contributed by atoms with Crippen molar-refractivity contribution in [3.05, 3.63) is 0 Å². The van der Waals surface area contributed by atoms with Crippen LogP contribution in [0, 0.1) is 5.92 Å². The monoisotopic (exact) mass is 170 g/mol. The molecule has 3 nitrogen and oxygen atoms in total. The Morgan fingerprint density at radius 1 is 1.17 bits per heavy atom. The van der Waals surface area contributed by atoms with Gasteiger partial charge in [-0.3, -0.25) is 0 Å². The number of nitrogens with zero attached hydrogens (tertiary/aromatic N) is 2. The van der Waals surface area contributed by atoms with Crippen LogP contribution in [0.1, 0.15) is 12.8 Å². The molecular weight excluding hydrogens is 152 g/mol. The summed E-state index contributed by atoms with van der Waals surface area (Å²) in [6, 6.07) is 0. The Kier molecular flexibility index (Phi) is 2.35. The third kappa shape index (κ3) is 1.49. The van der Waals surface area contributed by atoms with Gasteiger partial charge in [0.15, 0.2) is 0 Å². The maximum Gasteiger partial charge on any atom is 0.0756 e. The predicted molar refractivity (Wildman–Crippen MR) is 47.7 cm³/mol. The zero-order chi connectivity index (χ0) is 8.55. The summed E-state index contributed by atoms with van der Waals surface area (Å²) in [6.07, 6.45) is 3.10. The van der Waals surface area contributed by atoms with Crippen molar-refractivity contribution in [3.8, 4) is 0 Å². The summed E-state index contributed by atoms with van der Waals surface area (Å²) in [5, 5.41) is 4.56. The smallest absolute Gasteiger partial charge is 0.0756 e. The molecule has 2 saturated heterocycles. The largest absolute Gasteiger partial charge is 0.376 e. The molecule has 0 aromatic rings.